The summed E-state index contributed by atoms with van der Waals surface area (Å²) in [6, 6.07) is 13.2. The van der Waals surface area contributed by atoms with Gasteiger partial charge in [-0.3, -0.25) is 10.1 Å². The van der Waals surface area contributed by atoms with Crippen molar-refractivity contribution in [3.63, 3.8) is 0 Å². The van der Waals surface area contributed by atoms with Crippen LogP contribution in [0.3, 0.4) is 0 Å². The fraction of sp³-hybridized carbons (Fsp3) is 0.200. The third-order valence-corrected chi connectivity index (χ3v) is 3.99. The van der Waals surface area contributed by atoms with Crippen LogP contribution in [0.5, 0.6) is 0 Å². The number of non-ortho nitro benzene ring substituents is 1. The van der Waals surface area contributed by atoms with Gasteiger partial charge in [0.1, 0.15) is 0 Å². The molecule has 0 aromatic heterocycles. The average molecular weight is 366 g/mol. The van der Waals surface area contributed by atoms with Crippen molar-refractivity contribution in [1.82, 2.24) is 10.7 Å². The molecule has 0 spiro atoms. The number of nitro benzene ring substituents is 1. The lowest BCUT2D eigenvalue weighted by molar-refractivity contribution is -0.384. The molecule has 0 fully saturated rings. The van der Waals surface area contributed by atoms with Gasteiger partial charge >= 0.3 is 6.03 Å². The third kappa shape index (κ3) is 5.50. The van der Waals surface area contributed by atoms with Crippen molar-refractivity contribution in [3.05, 3.63) is 81.9 Å². The second kappa shape index (κ2) is 8.27. The SMILES string of the molecule is C=C(C)c1cccc(C(C)(C)NC(=O)NN=Cc2ccc([N+](=O)[O-])cc2)c1. The van der Waals surface area contributed by atoms with Crippen molar-refractivity contribution < 1.29 is 9.72 Å². The van der Waals surface area contributed by atoms with Crippen LogP contribution in [-0.4, -0.2) is 17.2 Å². The Kier molecular flexibility index (Phi) is 6.07. The molecule has 0 aliphatic heterocycles. The lowest BCUT2D eigenvalue weighted by Gasteiger charge is -2.27. The van der Waals surface area contributed by atoms with Crippen LogP contribution in [0.25, 0.3) is 5.57 Å². The second-order valence-corrected chi connectivity index (χ2v) is 6.66. The summed E-state index contributed by atoms with van der Waals surface area (Å²) in [7, 11) is 0. The van der Waals surface area contributed by atoms with Crippen molar-refractivity contribution in [2.24, 2.45) is 5.10 Å². The summed E-state index contributed by atoms with van der Waals surface area (Å²) in [5.41, 5.74) is 5.32. The number of hydrazone groups is 1. The van der Waals surface area contributed by atoms with Crippen LogP contribution < -0.4 is 10.7 Å². The average Bonchev–Trinajstić information content (AvgIpc) is 2.62. The van der Waals surface area contributed by atoms with E-state index in [0.717, 1.165) is 16.7 Å². The van der Waals surface area contributed by atoms with Crippen LogP contribution in [0.15, 0.2) is 60.2 Å². The molecule has 2 N–H and O–H groups in total. The van der Waals surface area contributed by atoms with E-state index >= 15 is 0 Å². The molecule has 2 amide bonds. The zero-order chi connectivity index (χ0) is 20.0. The van der Waals surface area contributed by atoms with Crippen LogP contribution in [0.4, 0.5) is 10.5 Å². The minimum atomic E-state index is -0.613. The summed E-state index contributed by atoms with van der Waals surface area (Å²) in [4.78, 5) is 22.3. The molecular weight excluding hydrogens is 344 g/mol. The summed E-state index contributed by atoms with van der Waals surface area (Å²) < 4.78 is 0. The number of carbonyl (C=O) groups excluding carboxylic acids is 1. The lowest BCUT2D eigenvalue weighted by Crippen LogP contribution is -2.45. The van der Waals surface area contributed by atoms with Gasteiger partial charge in [0.15, 0.2) is 0 Å². The van der Waals surface area contributed by atoms with Crippen molar-refractivity contribution in [2.45, 2.75) is 26.3 Å². The van der Waals surface area contributed by atoms with E-state index < -0.39 is 16.5 Å². The number of nitrogens with one attached hydrogen (secondary N) is 2. The van der Waals surface area contributed by atoms with Gasteiger partial charge in [-0.2, -0.15) is 5.10 Å². The Hall–Kier alpha value is -3.48. The summed E-state index contributed by atoms with van der Waals surface area (Å²) in [6.07, 6.45) is 1.41. The normalized spacial score (nSPS) is 11.2. The molecule has 7 nitrogen and oxygen atoms in total. The van der Waals surface area contributed by atoms with Crippen molar-refractivity contribution in [3.8, 4) is 0 Å². The number of nitro groups is 1. The van der Waals surface area contributed by atoms with E-state index in [0.29, 0.717) is 5.56 Å². The van der Waals surface area contributed by atoms with E-state index in [2.05, 4.69) is 22.4 Å². The second-order valence-electron chi connectivity index (χ2n) is 6.66. The number of urea groups is 1. The molecule has 0 aliphatic carbocycles. The zero-order valence-electron chi connectivity index (χ0n) is 15.5. The van der Waals surface area contributed by atoms with Crippen molar-refractivity contribution in [1.29, 1.82) is 0 Å². The van der Waals surface area contributed by atoms with Gasteiger partial charge in [-0.15, -0.1) is 0 Å². The number of amides is 2. The molecule has 0 radical (unpaired) electrons. The van der Waals surface area contributed by atoms with Gasteiger partial charge in [-0.05, 0) is 55.7 Å². The first-order chi connectivity index (χ1) is 12.7. The molecular formula is C20H22N4O3. The Bertz CT molecular complexity index is 886. The molecule has 0 unspecified atom stereocenters. The molecule has 140 valence electrons. The van der Waals surface area contributed by atoms with Gasteiger partial charge in [0.2, 0.25) is 0 Å². The minimum Gasteiger partial charge on any atom is -0.328 e. The number of hydrogen-bond donors (Lipinski definition) is 2. The smallest absolute Gasteiger partial charge is 0.328 e. The molecule has 0 aliphatic rings. The molecule has 0 saturated carbocycles. The molecule has 0 saturated heterocycles. The lowest BCUT2D eigenvalue weighted by atomic mass is 9.92. The van der Waals surface area contributed by atoms with E-state index in [-0.39, 0.29) is 5.69 Å². The van der Waals surface area contributed by atoms with E-state index in [9.17, 15) is 14.9 Å². The van der Waals surface area contributed by atoms with E-state index in [4.69, 9.17) is 0 Å². The van der Waals surface area contributed by atoms with Gasteiger partial charge in [-0.25, -0.2) is 10.2 Å². The molecule has 7 heteroatoms. The van der Waals surface area contributed by atoms with Gasteiger partial charge in [0, 0.05) is 12.1 Å². The third-order valence-electron chi connectivity index (χ3n) is 3.99. The zero-order valence-corrected chi connectivity index (χ0v) is 15.5. The van der Waals surface area contributed by atoms with Gasteiger partial charge in [-0.1, -0.05) is 30.4 Å². The maximum absolute atomic E-state index is 12.1. The fourth-order valence-corrected chi connectivity index (χ4v) is 2.40. The molecule has 0 atom stereocenters. The highest BCUT2D eigenvalue weighted by molar-refractivity contribution is 5.82. The highest BCUT2D eigenvalue weighted by Crippen LogP contribution is 2.23. The Morgan fingerprint density at radius 1 is 1.22 bits per heavy atom. The predicted octanol–water partition coefficient (Wildman–Crippen LogP) is 4.20. The maximum Gasteiger partial charge on any atom is 0.335 e. The quantitative estimate of drug-likeness (QED) is 0.455. The number of rotatable bonds is 6. The minimum absolute atomic E-state index is 0.00315. The Labute approximate surface area is 157 Å². The predicted molar refractivity (Wildman–Crippen MR) is 107 cm³/mol. The van der Waals surface area contributed by atoms with Gasteiger partial charge in [0.25, 0.3) is 5.69 Å². The van der Waals surface area contributed by atoms with Crippen molar-refractivity contribution >= 4 is 23.5 Å². The number of nitrogens with zero attached hydrogens (tertiary/aromatic N) is 2. The summed E-state index contributed by atoms with van der Waals surface area (Å²) in [5, 5.41) is 17.4. The highest BCUT2D eigenvalue weighted by Gasteiger charge is 2.23. The van der Waals surface area contributed by atoms with E-state index in [1.54, 1.807) is 12.1 Å². The summed E-state index contributed by atoms with van der Waals surface area (Å²) in [6.45, 7) is 9.65. The fourth-order valence-electron chi connectivity index (χ4n) is 2.40. The van der Waals surface area contributed by atoms with Crippen LogP contribution in [0.2, 0.25) is 0 Å². The standard InChI is InChI=1S/C20H22N4O3/c1-14(2)16-6-5-7-17(12-16)20(3,4)22-19(25)23-21-13-15-8-10-18(11-9-15)24(26)27/h5-13H,1H2,2-4H3,(H2,22,23,25). The Morgan fingerprint density at radius 2 is 1.89 bits per heavy atom. The molecule has 2 aromatic rings. The number of hydrogen-bond acceptors (Lipinski definition) is 4. The molecule has 0 heterocycles. The summed E-state index contributed by atoms with van der Waals surface area (Å²) in [5.74, 6) is 0. The first kappa shape index (κ1) is 19.8. The first-order valence-corrected chi connectivity index (χ1v) is 8.31. The summed E-state index contributed by atoms with van der Waals surface area (Å²) >= 11 is 0. The van der Waals surface area contributed by atoms with E-state index in [1.165, 1.54) is 18.3 Å². The Morgan fingerprint density at radius 3 is 2.48 bits per heavy atom. The number of carbonyl (C=O) groups is 1. The highest BCUT2D eigenvalue weighted by atomic mass is 16.6. The molecule has 2 rings (SSSR count). The monoisotopic (exact) mass is 366 g/mol. The van der Waals surface area contributed by atoms with Crippen molar-refractivity contribution in [2.75, 3.05) is 0 Å². The van der Waals surface area contributed by atoms with E-state index in [1.807, 2.05) is 45.0 Å². The molecule has 2 aromatic carbocycles. The van der Waals surface area contributed by atoms with Crippen LogP contribution in [-0.2, 0) is 5.54 Å². The topological polar surface area (TPSA) is 96.6 Å². The maximum atomic E-state index is 12.1. The van der Waals surface area contributed by atoms with Crippen LogP contribution in [0, 0.1) is 10.1 Å². The van der Waals surface area contributed by atoms with Gasteiger partial charge < -0.3 is 5.32 Å². The Balaban J connectivity index is 1.98. The largest absolute Gasteiger partial charge is 0.335 e. The van der Waals surface area contributed by atoms with Crippen LogP contribution >= 0.6 is 0 Å². The van der Waals surface area contributed by atoms with Gasteiger partial charge in [0.05, 0.1) is 16.7 Å². The van der Waals surface area contributed by atoms with Crippen LogP contribution in [0.1, 0.15) is 37.5 Å². The molecule has 27 heavy (non-hydrogen) atoms. The first-order valence-electron chi connectivity index (χ1n) is 8.31. The number of allylic oxidation sites excluding steroid dienone is 1. The number of benzene rings is 2. The molecule has 0 bridgehead atoms.